The minimum absolute atomic E-state index is 0.410. The maximum atomic E-state index is 5.26. The van der Waals surface area contributed by atoms with E-state index in [1.54, 1.807) is 18.0 Å². The minimum atomic E-state index is 0.410. The molecule has 2 nitrogen and oxygen atoms in total. The van der Waals surface area contributed by atoms with Gasteiger partial charge in [0.05, 0.1) is 12.9 Å². The normalized spacial score (nSPS) is 21.9. The van der Waals surface area contributed by atoms with Gasteiger partial charge in [0.15, 0.2) is 0 Å². The highest BCUT2D eigenvalue weighted by molar-refractivity contribution is 8.03. The molecule has 12 heavy (non-hydrogen) atoms. The molecule has 0 spiro atoms. The molecule has 2 N–H and O–H groups in total. The Hall–Kier alpha value is -0.670. The van der Waals surface area contributed by atoms with Crippen molar-refractivity contribution < 1.29 is 4.74 Å². The molecule has 1 aliphatic rings. The van der Waals surface area contributed by atoms with E-state index in [0.29, 0.717) is 18.4 Å². The van der Waals surface area contributed by atoms with Gasteiger partial charge in [-0.05, 0) is 11.5 Å². The molecule has 0 bridgehead atoms. The molecule has 0 saturated carbocycles. The van der Waals surface area contributed by atoms with Gasteiger partial charge in [-0.15, -0.1) is 11.8 Å². The van der Waals surface area contributed by atoms with Crippen LogP contribution in [0.25, 0.3) is 0 Å². The van der Waals surface area contributed by atoms with Crippen LogP contribution in [0.3, 0.4) is 0 Å². The van der Waals surface area contributed by atoms with Crippen molar-refractivity contribution in [2.45, 2.75) is 5.25 Å². The molecule has 0 aliphatic carbocycles. The molecule has 1 unspecified atom stereocenters. The topological polar surface area (TPSA) is 35.2 Å². The molecule has 0 aromatic carbocycles. The molecule has 1 rings (SSSR count). The van der Waals surface area contributed by atoms with E-state index >= 15 is 0 Å². The third-order valence-electron chi connectivity index (χ3n) is 1.33. The molecule has 0 aromatic rings. The molecule has 1 aliphatic heterocycles. The second kappa shape index (κ2) is 5.91. The van der Waals surface area contributed by atoms with Crippen molar-refractivity contribution in [3.05, 3.63) is 36.0 Å². The van der Waals surface area contributed by atoms with Gasteiger partial charge in [-0.2, -0.15) is 0 Å². The van der Waals surface area contributed by atoms with E-state index in [1.807, 2.05) is 18.2 Å². The predicted octanol–water partition coefficient (Wildman–Crippen LogP) is 1.66. The number of rotatable bonds is 4. The lowest BCUT2D eigenvalue weighted by Gasteiger charge is -2.06. The van der Waals surface area contributed by atoms with Crippen LogP contribution in [0.4, 0.5) is 0 Å². The van der Waals surface area contributed by atoms with Crippen LogP contribution < -0.4 is 5.73 Å². The monoisotopic (exact) mass is 183 g/mol. The van der Waals surface area contributed by atoms with Crippen molar-refractivity contribution in [3.63, 3.8) is 0 Å². The van der Waals surface area contributed by atoms with E-state index in [1.165, 1.54) is 0 Å². The smallest absolute Gasteiger partial charge is 0.0995 e. The summed E-state index contributed by atoms with van der Waals surface area (Å²) < 4.78 is 5.11. The second-order valence-electron chi connectivity index (χ2n) is 2.30. The Kier molecular flexibility index (Phi) is 4.64. The van der Waals surface area contributed by atoms with E-state index in [-0.39, 0.29) is 0 Å². The molecule has 0 amide bonds. The summed E-state index contributed by atoms with van der Waals surface area (Å²) in [7, 11) is 0. The first-order valence-corrected chi connectivity index (χ1v) is 4.85. The van der Waals surface area contributed by atoms with Crippen LogP contribution in [-0.2, 0) is 4.74 Å². The summed E-state index contributed by atoms with van der Waals surface area (Å²) in [4.78, 5) is 0. The Morgan fingerprint density at radius 3 is 3.08 bits per heavy atom. The summed E-state index contributed by atoms with van der Waals surface area (Å²) in [6.45, 7) is 1.16. The summed E-state index contributed by atoms with van der Waals surface area (Å²) in [5, 5.41) is 2.48. The quantitative estimate of drug-likeness (QED) is 0.532. The first-order valence-electron chi connectivity index (χ1n) is 3.90. The van der Waals surface area contributed by atoms with Crippen LogP contribution in [0.2, 0.25) is 0 Å². The third-order valence-corrected chi connectivity index (χ3v) is 2.27. The van der Waals surface area contributed by atoms with Crippen LogP contribution in [0.5, 0.6) is 0 Å². The van der Waals surface area contributed by atoms with Gasteiger partial charge in [0.2, 0.25) is 0 Å². The predicted molar refractivity (Wildman–Crippen MR) is 53.8 cm³/mol. The molecule has 1 atom stereocenters. The Morgan fingerprint density at radius 2 is 2.42 bits per heavy atom. The van der Waals surface area contributed by atoms with Gasteiger partial charge in [0.25, 0.3) is 0 Å². The average molecular weight is 183 g/mol. The molecule has 0 radical (unpaired) electrons. The summed E-state index contributed by atoms with van der Waals surface area (Å²) in [6, 6.07) is 0. The fourth-order valence-electron chi connectivity index (χ4n) is 0.779. The maximum Gasteiger partial charge on any atom is 0.0995 e. The first kappa shape index (κ1) is 9.42. The molecule has 3 heteroatoms. The average Bonchev–Trinajstić information content (AvgIpc) is 2.14. The lowest BCUT2D eigenvalue weighted by molar-refractivity contribution is 0.259. The standard InChI is InChI=1S/C9H13NOS/c10-5-7-11-6-4-9-3-1-2-8-12-9/h1-4,6,8-9H,5,7,10H2. The Labute approximate surface area is 77.2 Å². The van der Waals surface area contributed by atoms with E-state index in [9.17, 15) is 0 Å². The van der Waals surface area contributed by atoms with Crippen LogP contribution in [-0.4, -0.2) is 18.4 Å². The zero-order valence-corrected chi connectivity index (χ0v) is 7.67. The largest absolute Gasteiger partial charge is 0.500 e. The third kappa shape index (κ3) is 3.64. The highest BCUT2D eigenvalue weighted by Gasteiger charge is 1.99. The van der Waals surface area contributed by atoms with Crippen LogP contribution in [0.15, 0.2) is 36.0 Å². The highest BCUT2D eigenvalue weighted by atomic mass is 32.2. The molecule has 1 heterocycles. The van der Waals surface area contributed by atoms with Crippen molar-refractivity contribution in [2.75, 3.05) is 13.2 Å². The zero-order valence-electron chi connectivity index (χ0n) is 6.85. The maximum absolute atomic E-state index is 5.26. The number of hydrogen-bond donors (Lipinski definition) is 1. The SMILES string of the molecule is NCCOC=CC1C=CC=CS1. The Balaban J connectivity index is 2.17. The molecule has 0 saturated heterocycles. The summed E-state index contributed by atoms with van der Waals surface area (Å²) in [5.74, 6) is 0. The van der Waals surface area contributed by atoms with Crippen LogP contribution >= 0.6 is 11.8 Å². The number of hydrogen-bond acceptors (Lipinski definition) is 3. The summed E-state index contributed by atoms with van der Waals surface area (Å²) in [5.41, 5.74) is 5.26. The number of ether oxygens (including phenoxy) is 1. The number of nitrogens with two attached hydrogens (primary N) is 1. The van der Waals surface area contributed by atoms with Gasteiger partial charge in [-0.25, -0.2) is 0 Å². The van der Waals surface area contributed by atoms with E-state index in [2.05, 4.69) is 11.5 Å². The first-order chi connectivity index (χ1) is 5.93. The van der Waals surface area contributed by atoms with Crippen molar-refractivity contribution >= 4 is 11.8 Å². The van der Waals surface area contributed by atoms with Gasteiger partial charge in [0, 0.05) is 11.8 Å². The second-order valence-corrected chi connectivity index (χ2v) is 3.39. The van der Waals surface area contributed by atoms with E-state index < -0.39 is 0 Å². The Bertz CT molecular complexity index is 199. The molecule has 0 fully saturated rings. The summed E-state index contributed by atoms with van der Waals surface area (Å²) >= 11 is 1.76. The number of thioether (sulfide) groups is 1. The Morgan fingerprint density at radius 1 is 1.50 bits per heavy atom. The molecular formula is C9H13NOS. The molecular weight excluding hydrogens is 170 g/mol. The van der Waals surface area contributed by atoms with Gasteiger partial charge >= 0.3 is 0 Å². The summed E-state index contributed by atoms with van der Waals surface area (Å²) in [6.07, 6.45) is 9.91. The lowest BCUT2D eigenvalue weighted by atomic mass is 10.3. The van der Waals surface area contributed by atoms with Crippen molar-refractivity contribution in [1.29, 1.82) is 0 Å². The highest BCUT2D eigenvalue weighted by Crippen LogP contribution is 2.18. The van der Waals surface area contributed by atoms with Crippen LogP contribution in [0.1, 0.15) is 0 Å². The van der Waals surface area contributed by atoms with E-state index in [0.717, 1.165) is 0 Å². The fraction of sp³-hybridized carbons (Fsp3) is 0.333. The minimum Gasteiger partial charge on any atom is -0.500 e. The number of allylic oxidation sites excluding steroid dienone is 2. The lowest BCUT2D eigenvalue weighted by Crippen LogP contribution is -2.05. The van der Waals surface area contributed by atoms with Gasteiger partial charge in [-0.3, -0.25) is 0 Å². The molecule has 66 valence electrons. The van der Waals surface area contributed by atoms with Gasteiger partial charge in [0.1, 0.15) is 0 Å². The van der Waals surface area contributed by atoms with E-state index in [4.69, 9.17) is 10.5 Å². The fourth-order valence-corrected chi connectivity index (χ4v) is 1.48. The molecule has 0 aromatic heterocycles. The van der Waals surface area contributed by atoms with Gasteiger partial charge < -0.3 is 10.5 Å². The van der Waals surface area contributed by atoms with Crippen molar-refractivity contribution in [1.82, 2.24) is 0 Å². The van der Waals surface area contributed by atoms with Gasteiger partial charge in [-0.1, -0.05) is 18.2 Å². The zero-order chi connectivity index (χ0) is 8.65. The van der Waals surface area contributed by atoms with Crippen molar-refractivity contribution in [3.8, 4) is 0 Å². The van der Waals surface area contributed by atoms with Crippen LogP contribution in [0, 0.1) is 0 Å². The van der Waals surface area contributed by atoms with Crippen molar-refractivity contribution in [2.24, 2.45) is 5.73 Å².